The summed E-state index contributed by atoms with van der Waals surface area (Å²) in [6.45, 7) is 3.27. The molecule has 33 heavy (non-hydrogen) atoms. The van der Waals surface area contributed by atoms with Crippen molar-refractivity contribution in [3.63, 3.8) is 0 Å². The highest BCUT2D eigenvalue weighted by atomic mass is 16.5. The summed E-state index contributed by atoms with van der Waals surface area (Å²) in [5.41, 5.74) is 2.33. The third-order valence-electron chi connectivity index (χ3n) is 4.95. The minimum atomic E-state index is -0.211. The zero-order valence-corrected chi connectivity index (χ0v) is 18.9. The van der Waals surface area contributed by atoms with Crippen LogP contribution >= 0.6 is 0 Å². The maximum atomic E-state index is 12.4. The molecule has 0 bridgehead atoms. The van der Waals surface area contributed by atoms with Crippen LogP contribution in [-0.4, -0.2) is 31.6 Å². The van der Waals surface area contributed by atoms with E-state index in [-0.39, 0.29) is 18.2 Å². The van der Waals surface area contributed by atoms with Gasteiger partial charge in [0, 0.05) is 19.4 Å². The molecule has 3 aromatic carbocycles. The highest BCUT2D eigenvalue weighted by Crippen LogP contribution is 2.24. The summed E-state index contributed by atoms with van der Waals surface area (Å²) in [4.78, 5) is 24.8. The minimum Gasteiger partial charge on any atom is -0.493 e. The van der Waals surface area contributed by atoms with Crippen molar-refractivity contribution in [2.45, 2.75) is 26.2 Å². The Labute approximate surface area is 194 Å². The normalized spacial score (nSPS) is 10.3. The number of anilines is 1. The van der Waals surface area contributed by atoms with E-state index in [4.69, 9.17) is 9.47 Å². The van der Waals surface area contributed by atoms with E-state index in [1.54, 1.807) is 18.2 Å². The third kappa shape index (κ3) is 7.68. The lowest BCUT2D eigenvalue weighted by molar-refractivity contribution is -0.116. The predicted octanol–water partition coefficient (Wildman–Crippen LogP) is 4.86. The van der Waals surface area contributed by atoms with E-state index < -0.39 is 0 Å². The number of ether oxygens (including phenoxy) is 2. The number of amides is 2. The Morgan fingerprint density at radius 1 is 0.818 bits per heavy atom. The number of carbonyl (C=O) groups is 2. The molecule has 3 rings (SSSR count). The molecule has 0 heterocycles. The largest absolute Gasteiger partial charge is 0.493 e. The summed E-state index contributed by atoms with van der Waals surface area (Å²) < 4.78 is 11.4. The molecule has 0 unspecified atom stereocenters. The van der Waals surface area contributed by atoms with Gasteiger partial charge in [-0.3, -0.25) is 9.59 Å². The second-order valence-electron chi connectivity index (χ2n) is 7.42. The molecule has 0 aliphatic carbocycles. The van der Waals surface area contributed by atoms with Crippen molar-refractivity contribution in [1.29, 1.82) is 0 Å². The van der Waals surface area contributed by atoms with Gasteiger partial charge in [-0.15, -0.1) is 0 Å². The van der Waals surface area contributed by atoms with Gasteiger partial charge in [-0.25, -0.2) is 0 Å². The smallest absolute Gasteiger partial charge is 0.255 e. The molecule has 0 spiro atoms. The van der Waals surface area contributed by atoms with Gasteiger partial charge in [-0.1, -0.05) is 54.6 Å². The lowest BCUT2D eigenvalue weighted by Gasteiger charge is -2.13. The molecule has 2 amide bonds. The van der Waals surface area contributed by atoms with E-state index in [0.29, 0.717) is 48.9 Å². The number of hydrogen-bond acceptors (Lipinski definition) is 4. The Hall–Kier alpha value is -3.80. The molecular formula is C27H30N2O4. The van der Waals surface area contributed by atoms with Crippen LogP contribution in [-0.2, 0) is 11.2 Å². The van der Waals surface area contributed by atoms with Gasteiger partial charge in [0.1, 0.15) is 11.5 Å². The monoisotopic (exact) mass is 446 g/mol. The lowest BCUT2D eigenvalue weighted by Crippen LogP contribution is -2.26. The van der Waals surface area contributed by atoms with Crippen molar-refractivity contribution >= 4 is 17.5 Å². The van der Waals surface area contributed by atoms with Crippen LogP contribution in [0.4, 0.5) is 5.69 Å². The second kappa shape index (κ2) is 12.9. The summed E-state index contributed by atoms with van der Waals surface area (Å²) in [6.07, 6.45) is 1.59. The Bertz CT molecular complexity index is 1040. The minimum absolute atomic E-state index is 0.127. The van der Waals surface area contributed by atoms with Crippen LogP contribution in [0.5, 0.6) is 11.5 Å². The maximum Gasteiger partial charge on any atom is 0.255 e. The second-order valence-corrected chi connectivity index (χ2v) is 7.42. The molecule has 2 N–H and O–H groups in total. The van der Waals surface area contributed by atoms with E-state index in [2.05, 4.69) is 22.8 Å². The molecule has 3 aromatic rings. The van der Waals surface area contributed by atoms with Gasteiger partial charge < -0.3 is 20.1 Å². The van der Waals surface area contributed by atoms with Crippen molar-refractivity contribution in [2.75, 3.05) is 25.1 Å². The fourth-order valence-electron chi connectivity index (χ4n) is 3.31. The van der Waals surface area contributed by atoms with Gasteiger partial charge in [-0.2, -0.15) is 0 Å². The van der Waals surface area contributed by atoms with Crippen LogP contribution in [0.3, 0.4) is 0 Å². The summed E-state index contributed by atoms with van der Waals surface area (Å²) in [5, 5.41) is 5.76. The summed E-state index contributed by atoms with van der Waals surface area (Å²) >= 11 is 0. The number of carbonyl (C=O) groups excluding carboxylic acids is 2. The quantitative estimate of drug-likeness (QED) is 0.390. The zero-order chi connectivity index (χ0) is 23.3. The van der Waals surface area contributed by atoms with Gasteiger partial charge in [-0.05, 0) is 43.2 Å². The van der Waals surface area contributed by atoms with Crippen LogP contribution in [0.15, 0.2) is 78.9 Å². The Kier molecular flexibility index (Phi) is 9.33. The van der Waals surface area contributed by atoms with Gasteiger partial charge in [0.2, 0.25) is 5.91 Å². The van der Waals surface area contributed by atoms with Crippen LogP contribution in [0.25, 0.3) is 0 Å². The maximum absolute atomic E-state index is 12.4. The molecule has 6 nitrogen and oxygen atoms in total. The first-order valence-electron chi connectivity index (χ1n) is 11.2. The first-order valence-corrected chi connectivity index (χ1v) is 11.2. The standard InChI is InChI=1S/C27H30N2O4/c1-2-32-24-15-8-6-13-22(24)27(31)28-19-10-17-26(30)29-23-14-7-9-16-25(23)33-20-18-21-11-4-3-5-12-21/h3-9,11-16H,2,10,17-20H2,1H3,(H,28,31)(H,29,30). The molecular weight excluding hydrogens is 416 g/mol. The van der Waals surface area contributed by atoms with E-state index in [1.165, 1.54) is 5.56 Å². The summed E-state index contributed by atoms with van der Waals surface area (Å²) in [7, 11) is 0. The number of para-hydroxylation sites is 3. The van der Waals surface area contributed by atoms with Crippen LogP contribution in [0, 0.1) is 0 Å². The van der Waals surface area contributed by atoms with Gasteiger partial charge >= 0.3 is 0 Å². The first kappa shape index (κ1) is 23.9. The molecule has 0 radical (unpaired) electrons. The van der Waals surface area contributed by atoms with Crippen LogP contribution in [0.2, 0.25) is 0 Å². The molecule has 0 aromatic heterocycles. The molecule has 0 saturated heterocycles. The Morgan fingerprint density at radius 2 is 1.52 bits per heavy atom. The van der Waals surface area contributed by atoms with Crippen molar-refractivity contribution in [1.82, 2.24) is 5.32 Å². The van der Waals surface area contributed by atoms with Crippen molar-refractivity contribution in [3.05, 3.63) is 90.0 Å². The van der Waals surface area contributed by atoms with E-state index >= 15 is 0 Å². The fourth-order valence-corrected chi connectivity index (χ4v) is 3.31. The first-order chi connectivity index (χ1) is 16.2. The number of hydrogen-bond donors (Lipinski definition) is 2. The summed E-state index contributed by atoms with van der Waals surface area (Å²) in [5.74, 6) is 0.858. The molecule has 0 aliphatic rings. The van der Waals surface area contributed by atoms with Gasteiger partial charge in [0.25, 0.3) is 5.91 Å². The lowest BCUT2D eigenvalue weighted by atomic mass is 10.2. The van der Waals surface area contributed by atoms with Gasteiger partial charge in [0.15, 0.2) is 0 Å². The van der Waals surface area contributed by atoms with Crippen molar-refractivity contribution in [2.24, 2.45) is 0 Å². The van der Waals surface area contributed by atoms with Gasteiger partial charge in [0.05, 0.1) is 24.5 Å². The molecule has 6 heteroatoms. The molecule has 0 aliphatic heterocycles. The van der Waals surface area contributed by atoms with Crippen molar-refractivity contribution < 1.29 is 19.1 Å². The van der Waals surface area contributed by atoms with E-state index in [0.717, 1.165) is 6.42 Å². The average molecular weight is 447 g/mol. The zero-order valence-electron chi connectivity index (χ0n) is 18.9. The average Bonchev–Trinajstić information content (AvgIpc) is 2.84. The Morgan fingerprint density at radius 3 is 2.30 bits per heavy atom. The fraction of sp³-hybridized carbons (Fsp3) is 0.259. The SMILES string of the molecule is CCOc1ccccc1C(=O)NCCCC(=O)Nc1ccccc1OCCc1ccccc1. The Balaban J connectivity index is 1.42. The van der Waals surface area contributed by atoms with Crippen LogP contribution < -0.4 is 20.1 Å². The third-order valence-corrected chi connectivity index (χ3v) is 4.95. The molecule has 0 atom stereocenters. The molecule has 172 valence electrons. The highest BCUT2D eigenvalue weighted by Gasteiger charge is 2.12. The predicted molar refractivity (Wildman–Crippen MR) is 130 cm³/mol. The number of nitrogens with one attached hydrogen (secondary N) is 2. The number of benzene rings is 3. The van der Waals surface area contributed by atoms with E-state index in [1.807, 2.05) is 55.5 Å². The topological polar surface area (TPSA) is 76.7 Å². The summed E-state index contributed by atoms with van der Waals surface area (Å²) in [6, 6.07) is 24.6. The molecule has 0 saturated carbocycles. The van der Waals surface area contributed by atoms with E-state index in [9.17, 15) is 9.59 Å². The highest BCUT2D eigenvalue weighted by molar-refractivity contribution is 5.97. The number of rotatable bonds is 12. The van der Waals surface area contributed by atoms with Crippen molar-refractivity contribution in [3.8, 4) is 11.5 Å². The van der Waals surface area contributed by atoms with Crippen LogP contribution in [0.1, 0.15) is 35.7 Å². The molecule has 0 fully saturated rings.